The van der Waals surface area contributed by atoms with E-state index in [2.05, 4.69) is 37.9 Å². The predicted molar refractivity (Wildman–Crippen MR) is 72.9 cm³/mol. The molecule has 0 amide bonds. The maximum absolute atomic E-state index is 5.27. The van der Waals surface area contributed by atoms with Crippen LogP contribution in [0, 0.1) is 0 Å². The Morgan fingerprint density at radius 1 is 1.29 bits per heavy atom. The van der Waals surface area contributed by atoms with Crippen LogP contribution < -0.4 is 4.74 Å². The van der Waals surface area contributed by atoms with Crippen LogP contribution >= 0.6 is 0 Å². The van der Waals surface area contributed by atoms with E-state index in [0.29, 0.717) is 5.92 Å². The topological polar surface area (TPSA) is 25.0 Å². The van der Waals surface area contributed by atoms with Crippen LogP contribution in [0.3, 0.4) is 0 Å². The molecule has 0 radical (unpaired) electrons. The molecule has 92 valence electrons. The Morgan fingerprint density at radius 2 is 2.06 bits per heavy atom. The van der Waals surface area contributed by atoms with Gasteiger partial charge in [0.25, 0.3) is 0 Å². The number of rotatable bonds is 4. The number of aromatic amines is 1. The molecule has 2 rings (SSSR count). The Balaban J connectivity index is 2.61. The standard InChI is InChI=1S/C15H21NO/c1-5-6-13-12-8-7-11(17-4)9-14(12)16-15(13)10(2)3/h7-10,16H,5-6H2,1-4H3. The van der Waals surface area contributed by atoms with Gasteiger partial charge in [0, 0.05) is 22.7 Å². The summed E-state index contributed by atoms with van der Waals surface area (Å²) in [4.78, 5) is 3.54. The molecule has 0 bridgehead atoms. The number of hydrogen-bond acceptors (Lipinski definition) is 1. The van der Waals surface area contributed by atoms with E-state index in [9.17, 15) is 0 Å². The van der Waals surface area contributed by atoms with Crippen molar-refractivity contribution >= 4 is 10.9 Å². The van der Waals surface area contributed by atoms with Crippen LogP contribution in [0.15, 0.2) is 18.2 Å². The zero-order chi connectivity index (χ0) is 12.4. The molecule has 2 aromatic rings. The van der Waals surface area contributed by atoms with Gasteiger partial charge >= 0.3 is 0 Å². The van der Waals surface area contributed by atoms with Gasteiger partial charge in [-0.3, -0.25) is 0 Å². The predicted octanol–water partition coefficient (Wildman–Crippen LogP) is 4.25. The summed E-state index contributed by atoms with van der Waals surface area (Å²) >= 11 is 0. The maximum atomic E-state index is 5.27. The van der Waals surface area contributed by atoms with E-state index in [-0.39, 0.29) is 0 Å². The van der Waals surface area contributed by atoms with Crippen LogP contribution in [0.2, 0.25) is 0 Å². The van der Waals surface area contributed by atoms with Crippen molar-refractivity contribution in [3.05, 3.63) is 29.5 Å². The molecule has 0 aliphatic carbocycles. The Bertz CT molecular complexity index is 511. The maximum Gasteiger partial charge on any atom is 0.120 e. The van der Waals surface area contributed by atoms with E-state index in [1.807, 2.05) is 6.07 Å². The van der Waals surface area contributed by atoms with Gasteiger partial charge in [0.1, 0.15) is 5.75 Å². The molecule has 0 unspecified atom stereocenters. The molecule has 0 fully saturated rings. The minimum atomic E-state index is 0.537. The van der Waals surface area contributed by atoms with Gasteiger partial charge in [-0.05, 0) is 30.0 Å². The molecule has 2 nitrogen and oxygen atoms in total. The van der Waals surface area contributed by atoms with Crippen LogP contribution in [-0.4, -0.2) is 12.1 Å². The third-order valence-corrected chi connectivity index (χ3v) is 3.22. The molecule has 0 aliphatic heterocycles. The first-order valence-electron chi connectivity index (χ1n) is 6.35. The second-order valence-corrected chi connectivity index (χ2v) is 4.83. The Kier molecular flexibility index (Phi) is 3.41. The highest BCUT2D eigenvalue weighted by Crippen LogP contribution is 2.30. The molecular weight excluding hydrogens is 210 g/mol. The van der Waals surface area contributed by atoms with Crippen molar-refractivity contribution in [1.82, 2.24) is 4.98 Å². The van der Waals surface area contributed by atoms with Gasteiger partial charge in [0.2, 0.25) is 0 Å². The van der Waals surface area contributed by atoms with Crippen molar-refractivity contribution in [3.8, 4) is 5.75 Å². The molecule has 0 spiro atoms. The summed E-state index contributed by atoms with van der Waals surface area (Å²) < 4.78 is 5.27. The summed E-state index contributed by atoms with van der Waals surface area (Å²) in [6.07, 6.45) is 2.32. The van der Waals surface area contributed by atoms with Crippen molar-refractivity contribution in [1.29, 1.82) is 0 Å². The average molecular weight is 231 g/mol. The number of hydrogen-bond donors (Lipinski definition) is 1. The fraction of sp³-hybridized carbons (Fsp3) is 0.467. The van der Waals surface area contributed by atoms with E-state index in [1.165, 1.54) is 28.6 Å². The lowest BCUT2D eigenvalue weighted by molar-refractivity contribution is 0.415. The SMILES string of the molecule is CCCc1c(C(C)C)[nH]c2cc(OC)ccc12. The molecule has 1 heterocycles. The Labute approximate surface area is 103 Å². The lowest BCUT2D eigenvalue weighted by Crippen LogP contribution is -1.93. The van der Waals surface area contributed by atoms with E-state index >= 15 is 0 Å². The molecule has 1 aromatic heterocycles. The van der Waals surface area contributed by atoms with E-state index in [1.54, 1.807) is 7.11 Å². The molecule has 0 atom stereocenters. The molecule has 1 aromatic carbocycles. The highest BCUT2D eigenvalue weighted by molar-refractivity contribution is 5.86. The molecule has 0 saturated heterocycles. The number of H-pyrrole nitrogens is 1. The minimum Gasteiger partial charge on any atom is -0.497 e. The zero-order valence-electron chi connectivity index (χ0n) is 11.1. The molecule has 0 saturated carbocycles. The number of aromatic nitrogens is 1. The third-order valence-electron chi connectivity index (χ3n) is 3.22. The van der Waals surface area contributed by atoms with Crippen molar-refractivity contribution in [2.45, 2.75) is 39.5 Å². The number of nitrogens with one attached hydrogen (secondary N) is 1. The van der Waals surface area contributed by atoms with Gasteiger partial charge < -0.3 is 9.72 Å². The number of aryl methyl sites for hydroxylation is 1. The van der Waals surface area contributed by atoms with Crippen molar-refractivity contribution in [3.63, 3.8) is 0 Å². The summed E-state index contributed by atoms with van der Waals surface area (Å²) in [5.74, 6) is 1.45. The third kappa shape index (κ3) is 2.17. The molecule has 1 N–H and O–H groups in total. The highest BCUT2D eigenvalue weighted by Gasteiger charge is 2.13. The quantitative estimate of drug-likeness (QED) is 0.836. The van der Waals surface area contributed by atoms with E-state index in [4.69, 9.17) is 4.74 Å². The van der Waals surface area contributed by atoms with Gasteiger partial charge in [-0.2, -0.15) is 0 Å². The molecule has 2 heteroatoms. The summed E-state index contributed by atoms with van der Waals surface area (Å²) in [5.41, 5.74) is 4.03. The van der Waals surface area contributed by atoms with Crippen LogP contribution in [0.5, 0.6) is 5.75 Å². The summed E-state index contributed by atoms with van der Waals surface area (Å²) in [6, 6.07) is 6.29. The smallest absolute Gasteiger partial charge is 0.120 e. The number of ether oxygens (including phenoxy) is 1. The summed E-state index contributed by atoms with van der Waals surface area (Å²) in [6.45, 7) is 6.70. The monoisotopic (exact) mass is 231 g/mol. The first kappa shape index (κ1) is 12.0. The zero-order valence-corrected chi connectivity index (χ0v) is 11.1. The summed E-state index contributed by atoms with van der Waals surface area (Å²) in [5, 5.41) is 1.34. The second-order valence-electron chi connectivity index (χ2n) is 4.83. The lowest BCUT2D eigenvalue weighted by atomic mass is 10.00. The fourth-order valence-corrected chi connectivity index (χ4v) is 2.39. The first-order chi connectivity index (χ1) is 8.17. The van der Waals surface area contributed by atoms with Crippen molar-refractivity contribution < 1.29 is 4.74 Å². The van der Waals surface area contributed by atoms with Gasteiger partial charge in [-0.25, -0.2) is 0 Å². The molecule has 0 aliphatic rings. The number of fused-ring (bicyclic) bond motifs is 1. The Hall–Kier alpha value is -1.44. The van der Waals surface area contributed by atoms with Crippen molar-refractivity contribution in [2.24, 2.45) is 0 Å². The fourth-order valence-electron chi connectivity index (χ4n) is 2.39. The van der Waals surface area contributed by atoms with E-state index < -0.39 is 0 Å². The molecular formula is C15H21NO. The second kappa shape index (κ2) is 4.82. The first-order valence-corrected chi connectivity index (χ1v) is 6.35. The Morgan fingerprint density at radius 3 is 2.65 bits per heavy atom. The van der Waals surface area contributed by atoms with Gasteiger partial charge in [0.05, 0.1) is 7.11 Å². The molecule has 17 heavy (non-hydrogen) atoms. The van der Waals surface area contributed by atoms with Crippen LogP contribution in [0.1, 0.15) is 44.4 Å². The van der Waals surface area contributed by atoms with Crippen LogP contribution in [-0.2, 0) is 6.42 Å². The van der Waals surface area contributed by atoms with Gasteiger partial charge in [-0.15, -0.1) is 0 Å². The number of methoxy groups -OCH3 is 1. The normalized spacial score (nSPS) is 11.4. The average Bonchev–Trinajstić information content (AvgIpc) is 2.68. The number of benzene rings is 1. The minimum absolute atomic E-state index is 0.537. The van der Waals surface area contributed by atoms with Crippen LogP contribution in [0.4, 0.5) is 0 Å². The highest BCUT2D eigenvalue weighted by atomic mass is 16.5. The summed E-state index contributed by atoms with van der Waals surface area (Å²) in [7, 11) is 1.71. The van der Waals surface area contributed by atoms with Crippen LogP contribution in [0.25, 0.3) is 10.9 Å². The van der Waals surface area contributed by atoms with Crippen molar-refractivity contribution in [2.75, 3.05) is 7.11 Å². The van der Waals surface area contributed by atoms with Gasteiger partial charge in [0.15, 0.2) is 0 Å². The van der Waals surface area contributed by atoms with E-state index in [0.717, 1.165) is 12.2 Å². The lowest BCUT2D eigenvalue weighted by Gasteiger charge is -2.06. The van der Waals surface area contributed by atoms with Gasteiger partial charge in [-0.1, -0.05) is 27.2 Å². The largest absolute Gasteiger partial charge is 0.497 e.